The van der Waals surface area contributed by atoms with Crippen molar-refractivity contribution in [1.82, 2.24) is 21.1 Å². The van der Waals surface area contributed by atoms with Gasteiger partial charge in [0.1, 0.15) is 18.6 Å². The lowest BCUT2D eigenvalue weighted by Crippen LogP contribution is -2.57. The van der Waals surface area contributed by atoms with Crippen LogP contribution in [-0.4, -0.2) is 53.8 Å². The number of nitrogens with one attached hydrogen (secondary N) is 3. The molecule has 2 rings (SSSR count). The second-order valence-corrected chi connectivity index (χ2v) is 10.2. The van der Waals surface area contributed by atoms with E-state index in [0.29, 0.717) is 11.3 Å². The van der Waals surface area contributed by atoms with Crippen molar-refractivity contribution >= 4 is 46.9 Å². The van der Waals surface area contributed by atoms with E-state index in [0.717, 1.165) is 11.1 Å². The Morgan fingerprint density at radius 2 is 1.70 bits per heavy atom. The molecule has 0 aliphatic carbocycles. The quantitative estimate of drug-likeness (QED) is 0.147. The molecule has 4 amide bonds. The van der Waals surface area contributed by atoms with Crippen LogP contribution in [0.3, 0.4) is 0 Å². The van der Waals surface area contributed by atoms with Crippen molar-refractivity contribution in [1.29, 1.82) is 0 Å². The number of nitrogens with two attached hydrogens (primary N) is 1. The lowest BCUT2D eigenvalue weighted by atomic mass is 9.85. The third-order valence-corrected chi connectivity index (χ3v) is 5.95. The second-order valence-electron chi connectivity index (χ2n) is 9.77. The van der Waals surface area contributed by atoms with Crippen molar-refractivity contribution in [3.05, 3.63) is 77.3 Å². The van der Waals surface area contributed by atoms with Crippen LogP contribution in [0.25, 0.3) is 0 Å². The summed E-state index contributed by atoms with van der Waals surface area (Å²) in [6, 6.07) is 10.2. The largest absolute Gasteiger partial charge is 0.465 e. The third-order valence-electron chi connectivity index (χ3n) is 5.63. The molecule has 5 N–H and O–H groups in total. The van der Waals surface area contributed by atoms with Crippen LogP contribution in [0.4, 0.5) is 5.69 Å². The van der Waals surface area contributed by atoms with E-state index in [1.54, 1.807) is 58.0 Å². The minimum absolute atomic E-state index is 0.0775. The first-order valence-corrected chi connectivity index (χ1v) is 12.8. The van der Waals surface area contributed by atoms with Gasteiger partial charge in [-0.05, 0) is 42.2 Å². The first-order chi connectivity index (χ1) is 18.8. The van der Waals surface area contributed by atoms with Gasteiger partial charge in [0.25, 0.3) is 17.7 Å². The fourth-order valence-corrected chi connectivity index (χ4v) is 3.73. The molecule has 0 aliphatic rings. The second kappa shape index (κ2) is 14.1. The molecule has 0 aliphatic heterocycles. The lowest BCUT2D eigenvalue weighted by Gasteiger charge is -2.32. The van der Waals surface area contributed by atoms with E-state index in [2.05, 4.69) is 22.6 Å². The van der Waals surface area contributed by atoms with Crippen LogP contribution in [0.1, 0.15) is 49.7 Å². The zero-order chi connectivity index (χ0) is 30.0. The van der Waals surface area contributed by atoms with Gasteiger partial charge in [-0.15, -0.1) is 0 Å². The molecular formula is C28H34ClN5O6. The number of esters is 1. The maximum absolute atomic E-state index is 13.6. The molecule has 11 nitrogen and oxygen atoms in total. The summed E-state index contributed by atoms with van der Waals surface area (Å²) in [6.07, 6.45) is 0.921. The summed E-state index contributed by atoms with van der Waals surface area (Å²) >= 11 is 6.05. The molecule has 0 fully saturated rings. The van der Waals surface area contributed by atoms with E-state index in [1.807, 2.05) is 0 Å². The number of hydrazine groups is 1. The van der Waals surface area contributed by atoms with Crippen molar-refractivity contribution in [2.24, 2.45) is 5.41 Å². The highest BCUT2D eigenvalue weighted by molar-refractivity contribution is 6.33. The first-order valence-electron chi connectivity index (χ1n) is 12.4. The van der Waals surface area contributed by atoms with Crippen molar-refractivity contribution in [2.75, 3.05) is 18.9 Å². The van der Waals surface area contributed by atoms with Gasteiger partial charge in [-0.3, -0.25) is 29.4 Å². The van der Waals surface area contributed by atoms with E-state index in [4.69, 9.17) is 22.1 Å². The van der Waals surface area contributed by atoms with Gasteiger partial charge < -0.3 is 21.1 Å². The summed E-state index contributed by atoms with van der Waals surface area (Å²) in [5, 5.41) is 6.29. The maximum Gasteiger partial charge on any atom is 0.327 e. The van der Waals surface area contributed by atoms with Gasteiger partial charge in [0, 0.05) is 5.56 Å². The fraction of sp³-hybridized carbons (Fsp3) is 0.321. The van der Waals surface area contributed by atoms with Crippen LogP contribution in [0, 0.1) is 5.41 Å². The number of hydrogen-bond donors (Lipinski definition) is 4. The molecular weight excluding hydrogens is 538 g/mol. The average Bonchev–Trinajstić information content (AvgIpc) is 2.90. The summed E-state index contributed by atoms with van der Waals surface area (Å²) in [5.74, 6) is -3.57. The SMILES string of the molecule is C=CC(=O)N(CC(=O)OCC)NC(=O)[C@@H](NC(=O)[C@@H](NC(=O)c1ccc(N)c(Cl)c1)C(C)(C)C)c1ccccc1. The number of amides is 4. The topological polar surface area (TPSA) is 160 Å². The van der Waals surface area contributed by atoms with E-state index < -0.39 is 53.6 Å². The molecule has 0 unspecified atom stereocenters. The van der Waals surface area contributed by atoms with Crippen molar-refractivity contribution in [2.45, 2.75) is 39.8 Å². The Labute approximate surface area is 238 Å². The smallest absolute Gasteiger partial charge is 0.327 e. The molecule has 12 heteroatoms. The zero-order valence-electron chi connectivity index (χ0n) is 22.8. The molecule has 0 saturated carbocycles. The van der Waals surface area contributed by atoms with Crippen LogP contribution < -0.4 is 21.8 Å². The summed E-state index contributed by atoms with van der Waals surface area (Å²) in [7, 11) is 0. The van der Waals surface area contributed by atoms with Gasteiger partial charge in [0.15, 0.2) is 0 Å². The number of nitrogen functional groups attached to an aromatic ring is 1. The Morgan fingerprint density at radius 3 is 2.25 bits per heavy atom. The first kappa shape index (κ1) is 31.8. The molecule has 0 heterocycles. The summed E-state index contributed by atoms with van der Waals surface area (Å²) < 4.78 is 4.87. The molecule has 2 aromatic rings. The molecule has 0 spiro atoms. The lowest BCUT2D eigenvalue weighted by molar-refractivity contribution is -0.152. The van der Waals surface area contributed by atoms with Crippen molar-refractivity contribution in [3.63, 3.8) is 0 Å². The van der Waals surface area contributed by atoms with Crippen LogP contribution in [0.2, 0.25) is 5.02 Å². The molecule has 0 radical (unpaired) electrons. The molecule has 214 valence electrons. The minimum Gasteiger partial charge on any atom is -0.465 e. The molecule has 0 aromatic heterocycles. The standard InChI is InChI=1S/C28H34ClN5O6/c1-6-21(35)34(16-22(36)40-7-2)33-26(38)23(17-11-9-8-10-12-17)31-27(39)24(28(3,4)5)32-25(37)18-13-14-20(30)19(29)15-18/h6,8-15,23-24H,1,7,16,30H2,2-5H3,(H,31,39)(H,32,37)(H,33,38)/t23-,24+/m0/s1. The van der Waals surface area contributed by atoms with E-state index in [-0.39, 0.29) is 17.2 Å². The highest BCUT2D eigenvalue weighted by Gasteiger charge is 2.36. The Bertz CT molecular complexity index is 1260. The molecule has 2 aromatic carbocycles. The highest BCUT2D eigenvalue weighted by atomic mass is 35.5. The number of rotatable bonds is 10. The number of ether oxygens (including phenoxy) is 1. The van der Waals surface area contributed by atoms with Crippen molar-refractivity contribution < 1.29 is 28.7 Å². The maximum atomic E-state index is 13.6. The molecule has 0 bridgehead atoms. The molecule has 0 saturated heterocycles. The monoisotopic (exact) mass is 571 g/mol. The van der Waals surface area contributed by atoms with Crippen LogP contribution in [0.5, 0.6) is 0 Å². The number of carbonyl (C=O) groups is 5. The predicted molar refractivity (Wildman–Crippen MR) is 151 cm³/mol. The van der Waals surface area contributed by atoms with Gasteiger partial charge >= 0.3 is 5.97 Å². The Balaban J connectivity index is 2.35. The van der Waals surface area contributed by atoms with Gasteiger partial charge in [-0.25, -0.2) is 5.01 Å². The van der Waals surface area contributed by atoms with Gasteiger partial charge in [-0.1, -0.05) is 69.3 Å². The average molecular weight is 572 g/mol. The normalized spacial score (nSPS) is 12.3. The number of nitrogens with zero attached hydrogens (tertiary/aromatic N) is 1. The Kier molecular flexibility index (Phi) is 11.2. The van der Waals surface area contributed by atoms with Gasteiger partial charge in [0.05, 0.1) is 17.3 Å². The number of benzene rings is 2. The molecule has 2 atom stereocenters. The Morgan fingerprint density at radius 1 is 1.05 bits per heavy atom. The predicted octanol–water partition coefficient (Wildman–Crippen LogP) is 2.53. The van der Waals surface area contributed by atoms with Crippen molar-refractivity contribution in [3.8, 4) is 0 Å². The van der Waals surface area contributed by atoms with E-state index >= 15 is 0 Å². The summed E-state index contributed by atoms with van der Waals surface area (Å²) in [5.41, 5.74) is 8.18. The number of halogens is 1. The number of carbonyl (C=O) groups excluding carboxylic acids is 5. The number of anilines is 1. The van der Waals surface area contributed by atoms with E-state index in [1.165, 1.54) is 18.2 Å². The van der Waals surface area contributed by atoms with Gasteiger partial charge in [0.2, 0.25) is 5.91 Å². The fourth-order valence-electron chi connectivity index (χ4n) is 3.55. The summed E-state index contributed by atoms with van der Waals surface area (Å²) in [6.45, 7) is 9.72. The van der Waals surface area contributed by atoms with Crippen LogP contribution >= 0.6 is 11.6 Å². The summed E-state index contributed by atoms with van der Waals surface area (Å²) in [4.78, 5) is 64.3. The Hall–Kier alpha value is -4.38. The third kappa shape index (κ3) is 8.84. The minimum atomic E-state index is -1.30. The highest BCUT2D eigenvalue weighted by Crippen LogP contribution is 2.24. The zero-order valence-corrected chi connectivity index (χ0v) is 23.6. The van der Waals surface area contributed by atoms with Crippen LogP contribution in [-0.2, 0) is 23.9 Å². The number of hydrogen-bond acceptors (Lipinski definition) is 7. The van der Waals surface area contributed by atoms with E-state index in [9.17, 15) is 24.0 Å². The van der Waals surface area contributed by atoms with Gasteiger partial charge in [-0.2, -0.15) is 0 Å². The van der Waals surface area contributed by atoms with Crippen LogP contribution in [0.15, 0.2) is 61.2 Å². The molecule has 40 heavy (non-hydrogen) atoms.